The van der Waals surface area contributed by atoms with Crippen molar-refractivity contribution in [2.75, 3.05) is 0 Å². The SMILES string of the molecule is CC(C)C(NC(=O)c1cccc(Cl)c1)C(=O)NN=Cc1ccc([N+](=O)[O-])cc1. The molecule has 2 N–H and O–H groups in total. The van der Waals surface area contributed by atoms with Crippen LogP contribution in [-0.4, -0.2) is 29.0 Å². The van der Waals surface area contributed by atoms with Gasteiger partial charge < -0.3 is 5.32 Å². The molecule has 0 aromatic heterocycles. The van der Waals surface area contributed by atoms with Crippen molar-refractivity contribution in [2.45, 2.75) is 19.9 Å². The summed E-state index contributed by atoms with van der Waals surface area (Å²) in [5, 5.41) is 17.6. The molecule has 9 heteroatoms. The van der Waals surface area contributed by atoms with Crippen LogP contribution in [0.15, 0.2) is 53.6 Å². The van der Waals surface area contributed by atoms with Gasteiger partial charge in [-0.3, -0.25) is 19.7 Å². The Morgan fingerprint density at radius 2 is 1.86 bits per heavy atom. The van der Waals surface area contributed by atoms with Crippen molar-refractivity contribution in [3.05, 3.63) is 74.8 Å². The lowest BCUT2D eigenvalue weighted by atomic mass is 10.0. The Bertz CT molecular complexity index is 897. The summed E-state index contributed by atoms with van der Waals surface area (Å²) in [5.74, 6) is -1.09. The van der Waals surface area contributed by atoms with Crippen molar-refractivity contribution in [3.8, 4) is 0 Å². The van der Waals surface area contributed by atoms with Crippen LogP contribution in [0.5, 0.6) is 0 Å². The van der Waals surface area contributed by atoms with E-state index in [0.717, 1.165) is 0 Å². The van der Waals surface area contributed by atoms with Gasteiger partial charge in [-0.1, -0.05) is 31.5 Å². The van der Waals surface area contributed by atoms with Gasteiger partial charge in [-0.2, -0.15) is 5.10 Å². The van der Waals surface area contributed by atoms with Gasteiger partial charge in [0.15, 0.2) is 0 Å². The Morgan fingerprint density at radius 3 is 2.43 bits per heavy atom. The highest BCUT2D eigenvalue weighted by molar-refractivity contribution is 6.31. The highest BCUT2D eigenvalue weighted by atomic mass is 35.5. The molecule has 0 aliphatic heterocycles. The molecule has 0 fully saturated rings. The molecule has 8 nitrogen and oxygen atoms in total. The Kier molecular flexibility index (Phi) is 7.22. The molecule has 0 saturated carbocycles. The Labute approximate surface area is 166 Å². The first-order valence-electron chi connectivity index (χ1n) is 8.41. The minimum Gasteiger partial charge on any atom is -0.340 e. The van der Waals surface area contributed by atoms with Crippen LogP contribution in [0.2, 0.25) is 5.02 Å². The maximum atomic E-state index is 12.4. The number of nitro benzene ring substituents is 1. The van der Waals surface area contributed by atoms with Crippen LogP contribution >= 0.6 is 11.6 Å². The summed E-state index contributed by atoms with van der Waals surface area (Å²) < 4.78 is 0. The number of nitrogens with zero attached hydrogens (tertiary/aromatic N) is 2. The number of halogens is 1. The van der Waals surface area contributed by atoms with Crippen LogP contribution in [0, 0.1) is 16.0 Å². The predicted octanol–water partition coefficient (Wildman–Crippen LogP) is 3.15. The molecule has 0 bridgehead atoms. The first kappa shape index (κ1) is 21.0. The summed E-state index contributed by atoms with van der Waals surface area (Å²) in [6.45, 7) is 3.59. The Balaban J connectivity index is 2.00. The van der Waals surface area contributed by atoms with E-state index in [0.29, 0.717) is 16.1 Å². The number of rotatable bonds is 7. The zero-order valence-corrected chi connectivity index (χ0v) is 16.0. The van der Waals surface area contributed by atoms with Crippen LogP contribution in [0.4, 0.5) is 5.69 Å². The lowest BCUT2D eigenvalue weighted by Crippen LogP contribution is -2.48. The van der Waals surface area contributed by atoms with Crippen molar-refractivity contribution in [3.63, 3.8) is 0 Å². The van der Waals surface area contributed by atoms with E-state index < -0.39 is 22.8 Å². The minimum absolute atomic E-state index is 0.0372. The summed E-state index contributed by atoms with van der Waals surface area (Å²) in [4.78, 5) is 34.9. The van der Waals surface area contributed by atoms with Gasteiger partial charge in [0.05, 0.1) is 11.1 Å². The molecule has 2 rings (SSSR count). The van der Waals surface area contributed by atoms with E-state index in [1.807, 2.05) is 0 Å². The number of hydrogen-bond donors (Lipinski definition) is 2. The van der Waals surface area contributed by atoms with E-state index in [4.69, 9.17) is 11.6 Å². The fourth-order valence-electron chi connectivity index (χ4n) is 2.31. The van der Waals surface area contributed by atoms with Crippen molar-refractivity contribution >= 4 is 35.3 Å². The summed E-state index contributed by atoms with van der Waals surface area (Å²) in [5.41, 5.74) is 3.26. The molecule has 0 saturated heterocycles. The lowest BCUT2D eigenvalue weighted by molar-refractivity contribution is -0.384. The maximum absolute atomic E-state index is 12.4. The molecule has 0 aliphatic rings. The fraction of sp³-hybridized carbons (Fsp3) is 0.211. The minimum atomic E-state index is -0.805. The second kappa shape index (κ2) is 9.61. The lowest BCUT2D eigenvalue weighted by Gasteiger charge is -2.20. The number of nitrogens with one attached hydrogen (secondary N) is 2. The van der Waals surface area contributed by atoms with Crippen LogP contribution in [0.25, 0.3) is 0 Å². The van der Waals surface area contributed by atoms with E-state index in [-0.39, 0.29) is 11.6 Å². The number of amides is 2. The average molecular weight is 403 g/mol. The number of carbonyl (C=O) groups excluding carboxylic acids is 2. The molecule has 28 heavy (non-hydrogen) atoms. The third kappa shape index (κ3) is 5.88. The standard InChI is InChI=1S/C19H19ClN4O4/c1-12(2)17(22-18(25)14-4-3-5-15(20)10-14)19(26)23-21-11-13-6-8-16(9-7-13)24(27)28/h3-12,17H,1-2H3,(H,22,25)(H,23,26). The van der Waals surface area contributed by atoms with Crippen molar-refractivity contribution < 1.29 is 14.5 Å². The van der Waals surface area contributed by atoms with Gasteiger partial charge in [-0.25, -0.2) is 5.43 Å². The number of nitro groups is 1. The molecule has 0 spiro atoms. The van der Waals surface area contributed by atoms with Gasteiger partial charge in [-0.05, 0) is 41.8 Å². The van der Waals surface area contributed by atoms with Gasteiger partial charge in [-0.15, -0.1) is 0 Å². The molecule has 1 atom stereocenters. The topological polar surface area (TPSA) is 114 Å². The summed E-state index contributed by atoms with van der Waals surface area (Å²) in [6.07, 6.45) is 1.36. The Hall–Kier alpha value is -3.26. The third-order valence-electron chi connectivity index (χ3n) is 3.81. The van der Waals surface area contributed by atoms with Crippen LogP contribution in [-0.2, 0) is 4.79 Å². The molecule has 2 aromatic rings. The highest BCUT2D eigenvalue weighted by Crippen LogP contribution is 2.12. The predicted molar refractivity (Wildman–Crippen MR) is 106 cm³/mol. The first-order chi connectivity index (χ1) is 13.3. The van der Waals surface area contributed by atoms with Gasteiger partial charge in [0.25, 0.3) is 17.5 Å². The third-order valence-corrected chi connectivity index (χ3v) is 4.05. The van der Waals surface area contributed by atoms with Crippen LogP contribution < -0.4 is 10.7 Å². The zero-order chi connectivity index (χ0) is 20.7. The maximum Gasteiger partial charge on any atom is 0.269 e. The zero-order valence-electron chi connectivity index (χ0n) is 15.3. The fourth-order valence-corrected chi connectivity index (χ4v) is 2.50. The largest absolute Gasteiger partial charge is 0.340 e. The Morgan fingerprint density at radius 1 is 1.18 bits per heavy atom. The van der Waals surface area contributed by atoms with E-state index in [1.165, 1.54) is 36.5 Å². The smallest absolute Gasteiger partial charge is 0.269 e. The molecule has 146 valence electrons. The molecule has 1 unspecified atom stereocenters. The molecular weight excluding hydrogens is 384 g/mol. The van der Waals surface area contributed by atoms with E-state index in [1.54, 1.807) is 32.0 Å². The van der Waals surface area contributed by atoms with Gasteiger partial charge in [0, 0.05) is 22.7 Å². The average Bonchev–Trinajstić information content (AvgIpc) is 2.65. The first-order valence-corrected chi connectivity index (χ1v) is 8.79. The number of benzene rings is 2. The van der Waals surface area contributed by atoms with E-state index in [2.05, 4.69) is 15.8 Å². The van der Waals surface area contributed by atoms with Gasteiger partial charge >= 0.3 is 0 Å². The van der Waals surface area contributed by atoms with Crippen molar-refractivity contribution in [1.29, 1.82) is 0 Å². The summed E-state index contributed by atoms with van der Waals surface area (Å²) in [6, 6.07) is 11.3. The number of hydrogen-bond acceptors (Lipinski definition) is 5. The molecule has 0 radical (unpaired) electrons. The number of hydrazone groups is 1. The number of non-ortho nitro benzene ring substituents is 1. The van der Waals surface area contributed by atoms with E-state index in [9.17, 15) is 19.7 Å². The summed E-state index contributed by atoms with van der Waals surface area (Å²) in [7, 11) is 0. The summed E-state index contributed by atoms with van der Waals surface area (Å²) >= 11 is 5.89. The quantitative estimate of drug-likeness (QED) is 0.420. The molecule has 0 heterocycles. The second-order valence-corrected chi connectivity index (χ2v) is 6.72. The molecule has 0 aliphatic carbocycles. The molecule has 2 aromatic carbocycles. The van der Waals surface area contributed by atoms with Crippen molar-refractivity contribution in [1.82, 2.24) is 10.7 Å². The normalized spacial score (nSPS) is 12.0. The van der Waals surface area contributed by atoms with E-state index >= 15 is 0 Å². The monoisotopic (exact) mass is 402 g/mol. The van der Waals surface area contributed by atoms with Crippen LogP contribution in [0.3, 0.4) is 0 Å². The van der Waals surface area contributed by atoms with Gasteiger partial charge in [0.2, 0.25) is 0 Å². The van der Waals surface area contributed by atoms with Gasteiger partial charge in [0.1, 0.15) is 6.04 Å². The number of carbonyl (C=O) groups is 2. The second-order valence-electron chi connectivity index (χ2n) is 6.29. The van der Waals surface area contributed by atoms with Crippen molar-refractivity contribution in [2.24, 2.45) is 11.0 Å². The highest BCUT2D eigenvalue weighted by Gasteiger charge is 2.24. The van der Waals surface area contributed by atoms with Crippen LogP contribution in [0.1, 0.15) is 29.8 Å². The molecule has 2 amide bonds. The molecular formula is C19H19ClN4O4.